The van der Waals surface area contributed by atoms with Crippen molar-refractivity contribution in [2.45, 2.75) is 45.7 Å². The molecule has 0 aliphatic carbocycles. The average Bonchev–Trinajstić information content (AvgIpc) is 2.64. The number of carbonyl (C=O) groups is 2. The maximum atomic E-state index is 12.3. The largest absolute Gasteiger partial charge is 0.480 e. The molecule has 0 aromatic carbocycles. The van der Waals surface area contributed by atoms with Gasteiger partial charge in [-0.05, 0) is 25.3 Å². The Morgan fingerprint density at radius 2 is 2.00 bits per heavy atom. The van der Waals surface area contributed by atoms with E-state index in [1.165, 1.54) is 4.90 Å². The maximum absolute atomic E-state index is 12.3. The second-order valence-electron chi connectivity index (χ2n) is 5.62. The van der Waals surface area contributed by atoms with E-state index in [9.17, 15) is 9.59 Å². The molecule has 0 aromatic heterocycles. The lowest BCUT2D eigenvalue weighted by Gasteiger charge is -2.34. The summed E-state index contributed by atoms with van der Waals surface area (Å²) in [5.74, 6) is -1.01. The second-order valence-corrected chi connectivity index (χ2v) is 5.62. The van der Waals surface area contributed by atoms with Crippen LogP contribution >= 0.6 is 0 Å². The lowest BCUT2D eigenvalue weighted by Crippen LogP contribution is -2.54. The van der Waals surface area contributed by atoms with Crippen molar-refractivity contribution in [3.63, 3.8) is 0 Å². The molecule has 0 bridgehead atoms. The molecule has 2 atom stereocenters. The average molecular weight is 242 g/mol. The minimum Gasteiger partial charge on any atom is -0.480 e. The summed E-state index contributed by atoms with van der Waals surface area (Å²) in [6.45, 7) is 6.46. The summed E-state index contributed by atoms with van der Waals surface area (Å²) in [6.07, 6.45) is 1.32. The number of nitrogens with one attached hydrogen (secondary N) is 1. The SMILES string of the molecule is CNC(C(=O)N1CCCC1C(=O)O)C(C)(C)C. The number of rotatable bonds is 3. The van der Waals surface area contributed by atoms with E-state index in [2.05, 4.69) is 5.32 Å². The Bertz CT molecular complexity index is 309. The molecule has 1 rings (SSSR count). The summed E-state index contributed by atoms with van der Waals surface area (Å²) in [5, 5.41) is 12.1. The first-order chi connectivity index (χ1) is 7.79. The van der Waals surface area contributed by atoms with Gasteiger partial charge in [0, 0.05) is 6.54 Å². The van der Waals surface area contributed by atoms with Crippen LogP contribution in [0.3, 0.4) is 0 Å². The van der Waals surface area contributed by atoms with Crippen LogP contribution in [0.25, 0.3) is 0 Å². The predicted molar refractivity (Wildman–Crippen MR) is 64.7 cm³/mol. The molecule has 0 saturated carbocycles. The Balaban J connectivity index is 2.84. The summed E-state index contributed by atoms with van der Waals surface area (Å²) < 4.78 is 0. The topological polar surface area (TPSA) is 69.6 Å². The molecule has 1 saturated heterocycles. The van der Waals surface area contributed by atoms with Crippen LogP contribution in [-0.4, -0.2) is 47.6 Å². The summed E-state index contributed by atoms with van der Waals surface area (Å²) >= 11 is 0. The quantitative estimate of drug-likeness (QED) is 0.764. The predicted octanol–water partition coefficient (Wildman–Crippen LogP) is 0.696. The van der Waals surface area contributed by atoms with Gasteiger partial charge in [0.2, 0.25) is 5.91 Å². The van der Waals surface area contributed by atoms with Gasteiger partial charge in [0.15, 0.2) is 0 Å². The molecule has 1 heterocycles. The van der Waals surface area contributed by atoms with Crippen molar-refractivity contribution in [2.75, 3.05) is 13.6 Å². The monoisotopic (exact) mass is 242 g/mol. The molecule has 5 nitrogen and oxygen atoms in total. The van der Waals surface area contributed by atoms with E-state index in [1.54, 1.807) is 7.05 Å². The normalized spacial score (nSPS) is 22.6. The zero-order valence-electron chi connectivity index (χ0n) is 11.0. The number of amides is 1. The molecule has 98 valence electrons. The lowest BCUT2D eigenvalue weighted by atomic mass is 9.86. The Hall–Kier alpha value is -1.10. The van der Waals surface area contributed by atoms with E-state index < -0.39 is 12.0 Å². The van der Waals surface area contributed by atoms with Crippen LogP contribution in [-0.2, 0) is 9.59 Å². The molecule has 0 radical (unpaired) electrons. The van der Waals surface area contributed by atoms with Gasteiger partial charge in [0.25, 0.3) is 0 Å². The first-order valence-electron chi connectivity index (χ1n) is 5.99. The van der Waals surface area contributed by atoms with Crippen LogP contribution in [0.4, 0.5) is 0 Å². The second kappa shape index (κ2) is 5.04. The number of likely N-dealkylation sites (N-methyl/N-ethyl adjacent to an activating group) is 1. The van der Waals surface area contributed by atoms with Crippen LogP contribution < -0.4 is 5.32 Å². The van der Waals surface area contributed by atoms with Crippen molar-refractivity contribution in [3.05, 3.63) is 0 Å². The molecule has 17 heavy (non-hydrogen) atoms. The van der Waals surface area contributed by atoms with Crippen molar-refractivity contribution >= 4 is 11.9 Å². The van der Waals surface area contributed by atoms with Gasteiger partial charge in [-0.3, -0.25) is 4.79 Å². The van der Waals surface area contributed by atoms with E-state index in [-0.39, 0.29) is 17.4 Å². The van der Waals surface area contributed by atoms with Crippen molar-refractivity contribution in [1.82, 2.24) is 10.2 Å². The molecule has 0 aromatic rings. The van der Waals surface area contributed by atoms with E-state index in [0.717, 1.165) is 6.42 Å². The number of carboxylic acids is 1. The van der Waals surface area contributed by atoms with E-state index in [4.69, 9.17) is 5.11 Å². The van der Waals surface area contributed by atoms with Crippen molar-refractivity contribution < 1.29 is 14.7 Å². The van der Waals surface area contributed by atoms with Gasteiger partial charge in [-0.1, -0.05) is 20.8 Å². The van der Waals surface area contributed by atoms with Gasteiger partial charge in [0.05, 0.1) is 6.04 Å². The third-order valence-electron chi connectivity index (χ3n) is 3.22. The molecule has 0 spiro atoms. The molecule has 1 amide bonds. The zero-order valence-corrected chi connectivity index (χ0v) is 11.0. The summed E-state index contributed by atoms with van der Waals surface area (Å²) in [7, 11) is 1.74. The number of hydrogen-bond acceptors (Lipinski definition) is 3. The highest BCUT2D eigenvalue weighted by atomic mass is 16.4. The minimum absolute atomic E-state index is 0.107. The lowest BCUT2D eigenvalue weighted by molar-refractivity contribution is -0.150. The van der Waals surface area contributed by atoms with Gasteiger partial charge in [-0.15, -0.1) is 0 Å². The fourth-order valence-corrected chi connectivity index (χ4v) is 2.38. The van der Waals surface area contributed by atoms with Gasteiger partial charge in [-0.2, -0.15) is 0 Å². The van der Waals surface area contributed by atoms with Crippen LogP contribution in [0.5, 0.6) is 0 Å². The Labute approximate surface area is 102 Å². The standard InChI is InChI=1S/C12H22N2O3/c1-12(2,3)9(13-4)10(15)14-7-5-6-8(14)11(16)17/h8-9,13H,5-7H2,1-4H3,(H,16,17). The third-order valence-corrected chi connectivity index (χ3v) is 3.22. The highest BCUT2D eigenvalue weighted by Crippen LogP contribution is 2.25. The van der Waals surface area contributed by atoms with Crippen molar-refractivity contribution in [2.24, 2.45) is 5.41 Å². The Morgan fingerprint density at radius 3 is 2.41 bits per heavy atom. The fourth-order valence-electron chi connectivity index (χ4n) is 2.38. The van der Waals surface area contributed by atoms with E-state index in [1.807, 2.05) is 20.8 Å². The molecule has 2 N–H and O–H groups in total. The molecular formula is C12H22N2O3. The first kappa shape index (κ1) is 14.0. The van der Waals surface area contributed by atoms with Gasteiger partial charge < -0.3 is 15.3 Å². The molecule has 1 aliphatic rings. The number of likely N-dealkylation sites (tertiary alicyclic amines) is 1. The Morgan fingerprint density at radius 1 is 1.41 bits per heavy atom. The van der Waals surface area contributed by atoms with Crippen molar-refractivity contribution in [1.29, 1.82) is 0 Å². The molecular weight excluding hydrogens is 220 g/mol. The number of carboxylic acid groups (broad SMARTS) is 1. The van der Waals surface area contributed by atoms with Gasteiger partial charge >= 0.3 is 5.97 Å². The summed E-state index contributed by atoms with van der Waals surface area (Å²) in [4.78, 5) is 24.9. The molecule has 1 fully saturated rings. The molecule has 2 unspecified atom stereocenters. The smallest absolute Gasteiger partial charge is 0.326 e. The minimum atomic E-state index is -0.903. The van der Waals surface area contributed by atoms with E-state index >= 15 is 0 Å². The van der Waals surface area contributed by atoms with E-state index in [0.29, 0.717) is 13.0 Å². The number of nitrogens with zero attached hydrogens (tertiary/aromatic N) is 1. The van der Waals surface area contributed by atoms with Crippen LogP contribution in [0.2, 0.25) is 0 Å². The number of carbonyl (C=O) groups excluding carboxylic acids is 1. The molecule has 5 heteroatoms. The number of aliphatic carboxylic acids is 1. The molecule has 1 aliphatic heterocycles. The fraction of sp³-hybridized carbons (Fsp3) is 0.833. The number of hydrogen-bond donors (Lipinski definition) is 2. The zero-order chi connectivity index (χ0) is 13.2. The van der Waals surface area contributed by atoms with Crippen LogP contribution in [0, 0.1) is 5.41 Å². The summed E-state index contributed by atoms with van der Waals surface area (Å²) in [6, 6.07) is -0.997. The van der Waals surface area contributed by atoms with Crippen molar-refractivity contribution in [3.8, 4) is 0 Å². The first-order valence-corrected chi connectivity index (χ1v) is 5.99. The highest BCUT2D eigenvalue weighted by Gasteiger charge is 2.40. The van der Waals surface area contributed by atoms with Gasteiger partial charge in [-0.25, -0.2) is 4.79 Å². The van der Waals surface area contributed by atoms with Crippen LogP contribution in [0.1, 0.15) is 33.6 Å². The summed E-state index contributed by atoms with van der Waals surface area (Å²) in [5.41, 5.74) is -0.225. The van der Waals surface area contributed by atoms with Gasteiger partial charge in [0.1, 0.15) is 6.04 Å². The highest BCUT2D eigenvalue weighted by molar-refractivity contribution is 5.88. The van der Waals surface area contributed by atoms with Crippen LogP contribution in [0.15, 0.2) is 0 Å². The maximum Gasteiger partial charge on any atom is 0.326 e. The Kier molecular flexibility index (Phi) is 4.14. The third kappa shape index (κ3) is 2.97.